The molecule has 2 aliphatic rings. The van der Waals surface area contributed by atoms with E-state index in [4.69, 9.17) is 14.8 Å². The van der Waals surface area contributed by atoms with Crippen LogP contribution < -0.4 is 5.32 Å². The first kappa shape index (κ1) is 28.4. The van der Waals surface area contributed by atoms with Gasteiger partial charge in [0, 0.05) is 31.4 Å². The minimum absolute atomic E-state index is 0.116. The van der Waals surface area contributed by atoms with Gasteiger partial charge in [0.25, 0.3) is 0 Å². The van der Waals surface area contributed by atoms with Gasteiger partial charge in [-0.3, -0.25) is 4.79 Å². The Labute approximate surface area is 235 Å². The molecular weight excluding hydrogens is 532 g/mol. The number of fused-ring (bicyclic) bond motifs is 1. The minimum Gasteiger partial charge on any atom is -0.469 e. The first-order valence-electron chi connectivity index (χ1n) is 14.2. The van der Waals surface area contributed by atoms with E-state index in [9.17, 15) is 18.3 Å². The maximum atomic E-state index is 13.3. The molecule has 1 aliphatic carbocycles. The Kier molecular flexibility index (Phi) is 8.67. The van der Waals surface area contributed by atoms with Gasteiger partial charge in [-0.1, -0.05) is 25.5 Å². The van der Waals surface area contributed by atoms with E-state index in [0.29, 0.717) is 24.5 Å². The van der Waals surface area contributed by atoms with Gasteiger partial charge in [-0.05, 0) is 57.1 Å². The number of carbonyl (C=O) groups is 1. The number of hydrogen-bond donors (Lipinski definition) is 2. The highest BCUT2D eigenvalue weighted by Gasteiger charge is 2.33. The lowest BCUT2D eigenvalue weighted by Gasteiger charge is -2.29. The Morgan fingerprint density at radius 1 is 1.10 bits per heavy atom. The van der Waals surface area contributed by atoms with Gasteiger partial charge in [-0.2, -0.15) is 14.4 Å². The van der Waals surface area contributed by atoms with Crippen molar-refractivity contribution < 1.29 is 23.1 Å². The third kappa shape index (κ3) is 5.84. The second kappa shape index (κ2) is 12.2. The van der Waals surface area contributed by atoms with Crippen molar-refractivity contribution in [2.45, 2.75) is 75.3 Å². The summed E-state index contributed by atoms with van der Waals surface area (Å²) in [5.41, 5.74) is 2.21. The number of ether oxygens (including phenoxy) is 1. The molecule has 40 heavy (non-hydrogen) atoms. The number of aliphatic hydroxyl groups excluding tert-OH is 1. The first-order chi connectivity index (χ1) is 19.3. The molecule has 1 saturated carbocycles. The standard InChI is InChI=1S/C28H38N6O5S/c1-3-4-15-29-28-30-18-24-25(32-34(26(24)31-28)21-7-9-22(35)10-8-21)19-5-11-23(12-6-19)40(37,38)33-16-13-20(14-17-33)27(36)39-2/h5-6,11-12,18,20-22,35H,3-4,7-10,13-17H2,1-2H3,(H,29,30,31)/t21-,22-. The molecule has 0 unspecified atom stereocenters. The van der Waals surface area contributed by atoms with Gasteiger partial charge < -0.3 is 15.2 Å². The molecule has 0 radical (unpaired) electrons. The Morgan fingerprint density at radius 2 is 1.80 bits per heavy atom. The van der Waals surface area contributed by atoms with Crippen LogP contribution in [0.5, 0.6) is 0 Å². The molecule has 3 aromatic rings. The molecule has 1 saturated heterocycles. The molecule has 2 aromatic heterocycles. The van der Waals surface area contributed by atoms with Gasteiger partial charge in [0.15, 0.2) is 5.65 Å². The van der Waals surface area contributed by atoms with Gasteiger partial charge in [-0.25, -0.2) is 18.1 Å². The zero-order valence-electron chi connectivity index (χ0n) is 23.1. The largest absolute Gasteiger partial charge is 0.469 e. The molecule has 3 heterocycles. The van der Waals surface area contributed by atoms with Crippen molar-refractivity contribution in [2.75, 3.05) is 32.1 Å². The molecular formula is C28H38N6O5S. The van der Waals surface area contributed by atoms with Crippen molar-refractivity contribution in [1.82, 2.24) is 24.1 Å². The molecule has 0 spiro atoms. The highest BCUT2D eigenvalue weighted by molar-refractivity contribution is 7.89. The molecule has 216 valence electrons. The molecule has 2 fully saturated rings. The number of nitrogens with zero attached hydrogens (tertiary/aromatic N) is 5. The van der Waals surface area contributed by atoms with Crippen LogP contribution in [0.2, 0.25) is 0 Å². The quantitative estimate of drug-likeness (QED) is 0.291. The second-order valence-electron chi connectivity index (χ2n) is 10.7. The number of esters is 1. The van der Waals surface area contributed by atoms with Crippen LogP contribution in [0.4, 0.5) is 5.95 Å². The number of anilines is 1. The Hall–Kier alpha value is -3.09. The van der Waals surface area contributed by atoms with E-state index >= 15 is 0 Å². The Bertz CT molecular complexity index is 1430. The fourth-order valence-corrected chi connectivity index (χ4v) is 7.06. The van der Waals surface area contributed by atoms with Crippen LogP contribution in [0.3, 0.4) is 0 Å². The summed E-state index contributed by atoms with van der Waals surface area (Å²) in [5, 5.41) is 19.1. The Morgan fingerprint density at radius 3 is 2.45 bits per heavy atom. The van der Waals surface area contributed by atoms with Crippen molar-refractivity contribution in [3.05, 3.63) is 30.5 Å². The molecule has 2 N–H and O–H groups in total. The van der Waals surface area contributed by atoms with Crippen molar-refractivity contribution in [3.8, 4) is 11.3 Å². The predicted molar refractivity (Wildman–Crippen MR) is 151 cm³/mol. The lowest BCUT2D eigenvalue weighted by molar-refractivity contribution is -0.146. The van der Waals surface area contributed by atoms with E-state index < -0.39 is 10.0 Å². The zero-order valence-corrected chi connectivity index (χ0v) is 23.9. The summed E-state index contributed by atoms with van der Waals surface area (Å²) in [4.78, 5) is 21.4. The number of methoxy groups -OCH3 is 1. The number of piperidine rings is 1. The molecule has 0 atom stereocenters. The second-order valence-corrected chi connectivity index (χ2v) is 12.6. The number of aliphatic hydroxyl groups is 1. The van der Waals surface area contributed by atoms with Crippen LogP contribution in [0.15, 0.2) is 35.4 Å². The summed E-state index contributed by atoms with van der Waals surface area (Å²) in [6.45, 7) is 3.48. The van der Waals surface area contributed by atoms with Crippen molar-refractivity contribution in [3.63, 3.8) is 0 Å². The minimum atomic E-state index is -3.69. The maximum absolute atomic E-state index is 13.3. The number of carbonyl (C=O) groups excluding carboxylic acids is 1. The Balaban J connectivity index is 1.42. The molecule has 1 aliphatic heterocycles. The third-order valence-electron chi connectivity index (χ3n) is 8.03. The highest BCUT2D eigenvalue weighted by atomic mass is 32.2. The summed E-state index contributed by atoms with van der Waals surface area (Å²) >= 11 is 0. The number of unbranched alkanes of at least 4 members (excludes halogenated alkanes) is 1. The molecule has 12 heteroatoms. The monoisotopic (exact) mass is 570 g/mol. The summed E-state index contributed by atoms with van der Waals surface area (Å²) in [6.07, 6.45) is 7.54. The summed E-state index contributed by atoms with van der Waals surface area (Å²) in [6, 6.07) is 6.89. The summed E-state index contributed by atoms with van der Waals surface area (Å²) in [5.74, 6) is 0.00596. The molecule has 1 aromatic carbocycles. The molecule has 0 bridgehead atoms. The van der Waals surface area contributed by atoms with Crippen LogP contribution in [0.25, 0.3) is 22.3 Å². The molecule has 0 amide bonds. The van der Waals surface area contributed by atoms with E-state index in [0.717, 1.165) is 61.7 Å². The smallest absolute Gasteiger partial charge is 0.308 e. The predicted octanol–water partition coefficient (Wildman–Crippen LogP) is 3.76. The van der Waals surface area contributed by atoms with Crippen molar-refractivity contribution in [1.29, 1.82) is 0 Å². The zero-order chi connectivity index (χ0) is 28.3. The number of benzene rings is 1. The molecule has 11 nitrogen and oxygen atoms in total. The fourth-order valence-electron chi connectivity index (χ4n) is 5.59. The lowest BCUT2D eigenvalue weighted by Crippen LogP contribution is -2.40. The van der Waals surface area contributed by atoms with E-state index in [-0.39, 0.29) is 42.0 Å². The maximum Gasteiger partial charge on any atom is 0.308 e. The summed E-state index contributed by atoms with van der Waals surface area (Å²) < 4.78 is 34.8. The lowest BCUT2D eigenvalue weighted by atomic mass is 9.93. The van der Waals surface area contributed by atoms with Crippen LogP contribution >= 0.6 is 0 Å². The van der Waals surface area contributed by atoms with Crippen LogP contribution in [0.1, 0.15) is 64.3 Å². The van der Waals surface area contributed by atoms with Crippen LogP contribution in [-0.4, -0.2) is 76.4 Å². The van der Waals surface area contributed by atoms with Gasteiger partial charge in [-0.15, -0.1) is 0 Å². The number of hydrogen-bond acceptors (Lipinski definition) is 9. The van der Waals surface area contributed by atoms with E-state index in [2.05, 4.69) is 17.2 Å². The van der Waals surface area contributed by atoms with E-state index in [1.807, 2.05) is 4.68 Å². The van der Waals surface area contributed by atoms with Gasteiger partial charge in [0.1, 0.15) is 5.69 Å². The average Bonchev–Trinajstić information content (AvgIpc) is 3.36. The summed E-state index contributed by atoms with van der Waals surface area (Å²) in [7, 11) is -2.34. The van der Waals surface area contributed by atoms with E-state index in [1.165, 1.54) is 11.4 Å². The highest BCUT2D eigenvalue weighted by Crippen LogP contribution is 2.35. The van der Waals surface area contributed by atoms with Crippen LogP contribution in [-0.2, 0) is 19.6 Å². The average molecular weight is 571 g/mol. The number of nitrogens with one attached hydrogen (secondary N) is 1. The third-order valence-corrected chi connectivity index (χ3v) is 9.94. The van der Waals surface area contributed by atoms with E-state index in [1.54, 1.807) is 30.5 Å². The number of aromatic nitrogens is 4. The van der Waals surface area contributed by atoms with Gasteiger partial charge in [0.05, 0.1) is 35.5 Å². The van der Waals surface area contributed by atoms with Crippen molar-refractivity contribution in [2.24, 2.45) is 5.92 Å². The van der Waals surface area contributed by atoms with Gasteiger partial charge >= 0.3 is 5.97 Å². The normalized spacial score (nSPS) is 21.0. The number of rotatable bonds is 9. The fraction of sp³-hybridized carbons (Fsp3) is 0.571. The topological polar surface area (TPSA) is 140 Å². The SMILES string of the molecule is CCCCNc1ncc2c(-c3ccc(S(=O)(=O)N4CCC(C(=O)OC)CC4)cc3)nn([C@H]3CC[C@H](O)CC3)c2n1. The molecule has 5 rings (SSSR count). The first-order valence-corrected chi connectivity index (χ1v) is 15.6. The van der Waals surface area contributed by atoms with Crippen molar-refractivity contribution >= 4 is 33.0 Å². The van der Waals surface area contributed by atoms with Crippen LogP contribution in [0, 0.1) is 5.92 Å². The van der Waals surface area contributed by atoms with Gasteiger partial charge in [0.2, 0.25) is 16.0 Å². The number of sulfonamides is 1.